The fourth-order valence-electron chi connectivity index (χ4n) is 2.92. The standard InChI is InChI=1S/C21H13Cl2N5O3/c22-17-4-3-14(10-18(17)23)25-21-26-19-13(2-1-12-5-7-24-8-6-12)9-15(28(30)31)11-16(19)20(29)27-21/h1-11H,(H2,25,26,27,29). The molecule has 0 saturated heterocycles. The Hall–Kier alpha value is -3.75. The first-order valence-corrected chi connectivity index (χ1v) is 9.69. The number of hydrogen-bond acceptors (Lipinski definition) is 6. The lowest BCUT2D eigenvalue weighted by molar-refractivity contribution is -0.384. The van der Waals surface area contributed by atoms with Gasteiger partial charge in [-0.15, -0.1) is 0 Å². The number of hydrogen-bond donors (Lipinski definition) is 2. The van der Waals surface area contributed by atoms with E-state index in [1.54, 1.807) is 54.9 Å². The SMILES string of the molecule is O=c1[nH]c(Nc2ccc(Cl)c(Cl)c2)nc2c(C=Cc3ccncc3)cc([N+](=O)[O-])cc12. The lowest BCUT2D eigenvalue weighted by atomic mass is 10.1. The fraction of sp³-hybridized carbons (Fsp3) is 0. The minimum Gasteiger partial charge on any atom is -0.326 e. The van der Waals surface area contributed by atoms with Crippen LogP contribution in [0.5, 0.6) is 0 Å². The van der Waals surface area contributed by atoms with Crippen LogP contribution >= 0.6 is 23.2 Å². The molecule has 0 unspecified atom stereocenters. The number of H-pyrrole nitrogens is 1. The highest BCUT2D eigenvalue weighted by Crippen LogP contribution is 2.28. The first-order chi connectivity index (χ1) is 14.9. The molecule has 31 heavy (non-hydrogen) atoms. The van der Waals surface area contributed by atoms with E-state index in [2.05, 4.69) is 20.3 Å². The maximum Gasteiger partial charge on any atom is 0.270 e. The molecule has 2 N–H and O–H groups in total. The van der Waals surface area contributed by atoms with Gasteiger partial charge in [0.05, 0.1) is 25.9 Å². The van der Waals surface area contributed by atoms with E-state index in [9.17, 15) is 14.9 Å². The summed E-state index contributed by atoms with van der Waals surface area (Å²) in [6, 6.07) is 11.0. The Kier molecular flexibility index (Phi) is 5.66. The monoisotopic (exact) mass is 453 g/mol. The third-order valence-corrected chi connectivity index (χ3v) is 5.12. The highest BCUT2D eigenvalue weighted by Gasteiger charge is 2.15. The summed E-state index contributed by atoms with van der Waals surface area (Å²) in [6.07, 6.45) is 6.69. The Morgan fingerprint density at radius 1 is 1.03 bits per heavy atom. The number of nitrogens with zero attached hydrogens (tertiary/aromatic N) is 3. The van der Waals surface area contributed by atoms with Gasteiger partial charge in [0.2, 0.25) is 5.95 Å². The van der Waals surface area contributed by atoms with Crippen molar-refractivity contribution in [3.05, 3.63) is 96.5 Å². The lowest BCUT2D eigenvalue weighted by Crippen LogP contribution is -2.12. The summed E-state index contributed by atoms with van der Waals surface area (Å²) >= 11 is 12.0. The van der Waals surface area contributed by atoms with E-state index >= 15 is 0 Å². The molecule has 8 nitrogen and oxygen atoms in total. The van der Waals surface area contributed by atoms with Crippen LogP contribution in [-0.4, -0.2) is 19.9 Å². The molecule has 0 fully saturated rings. The summed E-state index contributed by atoms with van der Waals surface area (Å²) in [5.41, 5.74) is 1.40. The Labute approximate surface area is 185 Å². The molecule has 0 amide bonds. The van der Waals surface area contributed by atoms with E-state index in [0.29, 0.717) is 26.8 Å². The number of aromatic amines is 1. The minimum absolute atomic E-state index is 0.100. The van der Waals surface area contributed by atoms with Gasteiger partial charge in [0, 0.05) is 35.8 Å². The molecule has 2 aromatic carbocycles. The van der Waals surface area contributed by atoms with Crippen molar-refractivity contribution in [1.29, 1.82) is 0 Å². The van der Waals surface area contributed by atoms with E-state index in [1.165, 1.54) is 12.1 Å². The van der Waals surface area contributed by atoms with Crippen molar-refractivity contribution in [1.82, 2.24) is 15.0 Å². The second-order valence-corrected chi connectivity index (χ2v) is 7.28. The molecule has 0 aliphatic rings. The molecule has 10 heteroatoms. The van der Waals surface area contributed by atoms with Gasteiger partial charge in [-0.3, -0.25) is 24.9 Å². The summed E-state index contributed by atoms with van der Waals surface area (Å²) in [6.45, 7) is 0. The zero-order valence-corrected chi connectivity index (χ0v) is 17.2. The van der Waals surface area contributed by atoms with Crippen LogP contribution in [0.15, 0.2) is 59.7 Å². The van der Waals surface area contributed by atoms with Gasteiger partial charge >= 0.3 is 0 Å². The van der Waals surface area contributed by atoms with Gasteiger partial charge in [0.1, 0.15) is 0 Å². The molecule has 0 spiro atoms. The number of nitro groups is 1. The van der Waals surface area contributed by atoms with Crippen LogP contribution in [0.2, 0.25) is 10.0 Å². The first-order valence-electron chi connectivity index (χ1n) is 8.93. The van der Waals surface area contributed by atoms with Gasteiger partial charge in [0.25, 0.3) is 11.2 Å². The molecule has 2 aromatic heterocycles. The summed E-state index contributed by atoms with van der Waals surface area (Å²) in [5, 5.41) is 15.2. The Balaban J connectivity index is 1.83. The fourth-order valence-corrected chi connectivity index (χ4v) is 3.21. The number of aromatic nitrogens is 3. The van der Waals surface area contributed by atoms with Crippen LogP contribution < -0.4 is 10.9 Å². The number of benzene rings is 2. The zero-order chi connectivity index (χ0) is 22.0. The average Bonchev–Trinajstić information content (AvgIpc) is 2.75. The second-order valence-electron chi connectivity index (χ2n) is 6.47. The summed E-state index contributed by atoms with van der Waals surface area (Å²) in [7, 11) is 0. The normalized spacial score (nSPS) is 11.2. The van der Waals surface area contributed by atoms with Gasteiger partial charge < -0.3 is 5.32 Å². The van der Waals surface area contributed by atoms with Crippen molar-refractivity contribution >= 4 is 63.6 Å². The molecular formula is C21H13Cl2N5O3. The van der Waals surface area contributed by atoms with E-state index in [-0.39, 0.29) is 17.0 Å². The molecule has 154 valence electrons. The number of fused-ring (bicyclic) bond motifs is 1. The minimum atomic E-state index is -0.551. The summed E-state index contributed by atoms with van der Waals surface area (Å²) < 4.78 is 0. The van der Waals surface area contributed by atoms with Gasteiger partial charge in [0.15, 0.2) is 0 Å². The van der Waals surface area contributed by atoms with E-state index in [4.69, 9.17) is 23.2 Å². The summed E-state index contributed by atoms with van der Waals surface area (Å²) in [5.74, 6) is 0.156. The lowest BCUT2D eigenvalue weighted by Gasteiger charge is -2.09. The highest BCUT2D eigenvalue weighted by molar-refractivity contribution is 6.42. The molecule has 2 heterocycles. The molecule has 0 bridgehead atoms. The van der Waals surface area contributed by atoms with Gasteiger partial charge in [-0.2, -0.15) is 0 Å². The molecule has 0 aliphatic carbocycles. The van der Waals surface area contributed by atoms with Gasteiger partial charge in [-0.05, 0) is 35.9 Å². The van der Waals surface area contributed by atoms with Crippen molar-refractivity contribution < 1.29 is 4.92 Å². The predicted molar refractivity (Wildman–Crippen MR) is 122 cm³/mol. The number of anilines is 2. The Morgan fingerprint density at radius 3 is 2.52 bits per heavy atom. The van der Waals surface area contributed by atoms with Crippen molar-refractivity contribution in [2.75, 3.05) is 5.32 Å². The molecule has 0 saturated carbocycles. The van der Waals surface area contributed by atoms with Crippen molar-refractivity contribution in [2.45, 2.75) is 0 Å². The number of non-ortho nitro benzene ring substituents is 1. The molecule has 4 aromatic rings. The van der Waals surface area contributed by atoms with Crippen molar-refractivity contribution in [2.24, 2.45) is 0 Å². The molecule has 0 atom stereocenters. The molecule has 4 rings (SSSR count). The topological polar surface area (TPSA) is 114 Å². The van der Waals surface area contributed by atoms with E-state index in [1.807, 2.05) is 0 Å². The predicted octanol–water partition coefficient (Wildman–Crippen LogP) is 5.45. The van der Waals surface area contributed by atoms with Crippen LogP contribution in [-0.2, 0) is 0 Å². The number of nitro benzene ring substituents is 1. The maximum atomic E-state index is 12.7. The number of rotatable bonds is 5. The Morgan fingerprint density at radius 2 is 1.81 bits per heavy atom. The van der Waals surface area contributed by atoms with E-state index < -0.39 is 10.5 Å². The zero-order valence-electron chi connectivity index (χ0n) is 15.7. The number of pyridine rings is 1. The smallest absolute Gasteiger partial charge is 0.270 e. The molecule has 0 radical (unpaired) electrons. The third kappa shape index (κ3) is 4.55. The first kappa shape index (κ1) is 20.5. The maximum absolute atomic E-state index is 12.7. The third-order valence-electron chi connectivity index (χ3n) is 4.38. The largest absolute Gasteiger partial charge is 0.326 e. The second kappa shape index (κ2) is 8.55. The Bertz CT molecular complexity index is 1390. The molecular weight excluding hydrogens is 441 g/mol. The van der Waals surface area contributed by atoms with Gasteiger partial charge in [-0.25, -0.2) is 4.98 Å². The number of halogens is 2. The average molecular weight is 454 g/mol. The molecule has 0 aliphatic heterocycles. The number of nitrogens with one attached hydrogen (secondary N) is 2. The quantitative estimate of drug-likeness (QED) is 0.306. The summed E-state index contributed by atoms with van der Waals surface area (Å²) in [4.78, 5) is 34.5. The highest BCUT2D eigenvalue weighted by atomic mass is 35.5. The van der Waals surface area contributed by atoms with Crippen LogP contribution in [0.3, 0.4) is 0 Å². The van der Waals surface area contributed by atoms with Crippen LogP contribution in [0, 0.1) is 10.1 Å². The van der Waals surface area contributed by atoms with Crippen molar-refractivity contribution in [3.8, 4) is 0 Å². The van der Waals surface area contributed by atoms with E-state index in [0.717, 1.165) is 5.56 Å². The van der Waals surface area contributed by atoms with Crippen molar-refractivity contribution in [3.63, 3.8) is 0 Å². The van der Waals surface area contributed by atoms with Crippen LogP contribution in [0.4, 0.5) is 17.3 Å². The van der Waals surface area contributed by atoms with Gasteiger partial charge in [-0.1, -0.05) is 35.4 Å². The van der Waals surface area contributed by atoms with Crippen LogP contribution in [0.25, 0.3) is 23.1 Å². The van der Waals surface area contributed by atoms with Crippen LogP contribution in [0.1, 0.15) is 11.1 Å².